The molecule has 0 aliphatic carbocycles. The van der Waals surface area contributed by atoms with Crippen LogP contribution in [0, 0.1) is 5.82 Å². The first kappa shape index (κ1) is 18.6. The number of fused-ring (bicyclic) bond motifs is 2. The van der Waals surface area contributed by atoms with Gasteiger partial charge in [-0.25, -0.2) is 14.4 Å². The number of aromatic nitrogens is 2. The molecule has 1 saturated heterocycles. The zero-order chi connectivity index (χ0) is 19.8. The zero-order valence-electron chi connectivity index (χ0n) is 15.7. The van der Waals surface area contributed by atoms with E-state index in [1.54, 1.807) is 18.2 Å². The molecule has 0 amide bonds. The fourth-order valence-corrected chi connectivity index (χ4v) is 4.20. The number of anilines is 2. The van der Waals surface area contributed by atoms with Gasteiger partial charge in [-0.05, 0) is 60.1 Å². The van der Waals surface area contributed by atoms with Crippen LogP contribution >= 0.6 is 15.9 Å². The molecule has 2 aromatic carbocycles. The van der Waals surface area contributed by atoms with Crippen LogP contribution in [0.1, 0.15) is 12.8 Å². The topological polar surface area (TPSA) is 59.5 Å². The second-order valence-corrected chi connectivity index (χ2v) is 8.18. The molecule has 0 bridgehead atoms. The molecule has 1 unspecified atom stereocenters. The summed E-state index contributed by atoms with van der Waals surface area (Å²) in [5, 5.41) is 3.82. The van der Waals surface area contributed by atoms with Crippen molar-refractivity contribution >= 4 is 38.3 Å². The molecule has 0 saturated carbocycles. The van der Waals surface area contributed by atoms with Gasteiger partial charge in [0.05, 0.1) is 15.7 Å². The molecular formula is C21H20BrFN4O2. The quantitative estimate of drug-likeness (QED) is 0.620. The van der Waals surface area contributed by atoms with Crippen LogP contribution < -0.4 is 14.8 Å². The van der Waals surface area contributed by atoms with Crippen molar-refractivity contribution in [2.75, 3.05) is 31.6 Å². The van der Waals surface area contributed by atoms with Crippen molar-refractivity contribution < 1.29 is 13.9 Å². The fourth-order valence-electron chi connectivity index (χ4n) is 3.84. The van der Waals surface area contributed by atoms with Crippen molar-refractivity contribution in [1.82, 2.24) is 14.9 Å². The first-order valence-corrected chi connectivity index (χ1v) is 10.5. The average molecular weight is 459 g/mol. The fraction of sp³-hybridized carbons (Fsp3) is 0.333. The Morgan fingerprint density at radius 3 is 2.90 bits per heavy atom. The molecule has 1 atom stereocenters. The Morgan fingerprint density at radius 2 is 2.03 bits per heavy atom. The van der Waals surface area contributed by atoms with Crippen molar-refractivity contribution in [3.63, 3.8) is 0 Å². The maximum Gasteiger partial charge on any atom is 0.163 e. The van der Waals surface area contributed by atoms with Crippen LogP contribution in [-0.2, 0) is 0 Å². The second kappa shape index (κ2) is 7.76. The molecule has 150 valence electrons. The molecule has 8 heteroatoms. The number of nitrogens with zero attached hydrogens (tertiary/aromatic N) is 3. The highest BCUT2D eigenvalue weighted by Gasteiger charge is 2.26. The minimum atomic E-state index is -0.373. The van der Waals surface area contributed by atoms with Crippen LogP contribution in [0.4, 0.5) is 15.9 Å². The van der Waals surface area contributed by atoms with E-state index in [0.717, 1.165) is 25.0 Å². The van der Waals surface area contributed by atoms with Gasteiger partial charge in [0.1, 0.15) is 24.9 Å². The summed E-state index contributed by atoms with van der Waals surface area (Å²) < 4.78 is 27.0. The molecule has 5 rings (SSSR count). The summed E-state index contributed by atoms with van der Waals surface area (Å²) in [7, 11) is 0. The third kappa shape index (κ3) is 3.74. The van der Waals surface area contributed by atoms with Gasteiger partial charge < -0.3 is 14.8 Å². The summed E-state index contributed by atoms with van der Waals surface area (Å²) in [5.41, 5.74) is 1.04. The molecule has 2 aliphatic rings. The third-order valence-corrected chi connectivity index (χ3v) is 5.90. The predicted molar refractivity (Wildman–Crippen MR) is 113 cm³/mol. The van der Waals surface area contributed by atoms with Gasteiger partial charge in [0.2, 0.25) is 0 Å². The van der Waals surface area contributed by atoms with Crippen molar-refractivity contribution in [2.24, 2.45) is 0 Å². The lowest BCUT2D eigenvalue weighted by atomic mass is 10.1. The van der Waals surface area contributed by atoms with Crippen molar-refractivity contribution in [3.8, 4) is 11.5 Å². The van der Waals surface area contributed by atoms with Crippen LogP contribution in [0.3, 0.4) is 0 Å². The van der Waals surface area contributed by atoms with E-state index < -0.39 is 0 Å². The third-order valence-electron chi connectivity index (χ3n) is 5.28. The molecule has 1 fully saturated rings. The van der Waals surface area contributed by atoms with Gasteiger partial charge in [-0.1, -0.05) is 6.07 Å². The van der Waals surface area contributed by atoms with E-state index >= 15 is 0 Å². The average Bonchev–Trinajstić information content (AvgIpc) is 3.23. The normalized spacial score (nSPS) is 18.9. The lowest BCUT2D eigenvalue weighted by Crippen LogP contribution is -2.39. The van der Waals surface area contributed by atoms with Crippen molar-refractivity contribution in [1.29, 1.82) is 0 Å². The highest BCUT2D eigenvalue weighted by Crippen LogP contribution is 2.38. The second-order valence-electron chi connectivity index (χ2n) is 7.32. The van der Waals surface area contributed by atoms with Crippen LogP contribution in [0.15, 0.2) is 41.1 Å². The molecule has 29 heavy (non-hydrogen) atoms. The van der Waals surface area contributed by atoms with Gasteiger partial charge in [-0.3, -0.25) is 4.90 Å². The van der Waals surface area contributed by atoms with Crippen LogP contribution in [0.2, 0.25) is 0 Å². The van der Waals surface area contributed by atoms with Crippen molar-refractivity contribution in [2.45, 2.75) is 18.9 Å². The number of benzene rings is 2. The first-order valence-electron chi connectivity index (χ1n) is 9.69. The molecule has 1 aromatic heterocycles. The van der Waals surface area contributed by atoms with Crippen LogP contribution in [0.25, 0.3) is 10.9 Å². The molecule has 6 nitrogen and oxygen atoms in total. The Bertz CT molecular complexity index is 1060. The van der Waals surface area contributed by atoms with Gasteiger partial charge in [-0.2, -0.15) is 0 Å². The molecule has 1 N–H and O–H groups in total. The number of likely N-dealkylation sites (tertiary alicyclic amines) is 1. The monoisotopic (exact) mass is 458 g/mol. The van der Waals surface area contributed by atoms with Crippen molar-refractivity contribution in [3.05, 3.63) is 46.9 Å². The number of hydrogen-bond donors (Lipinski definition) is 1. The Hall–Kier alpha value is -2.45. The standard InChI is InChI=1S/C21H20BrFN4O2/c22-15-4-3-5-16(20(15)23)26-21-14-8-19-18(9-17(14)24-12-25-21)28-11-13(29-19)10-27-6-1-2-7-27/h3-5,8-9,12-13H,1-2,6-7,10-11H2,(H,24,25,26). The van der Waals surface area contributed by atoms with Gasteiger partial charge in [0.25, 0.3) is 0 Å². The van der Waals surface area contributed by atoms with E-state index in [2.05, 4.69) is 36.1 Å². The van der Waals surface area contributed by atoms with E-state index in [4.69, 9.17) is 9.47 Å². The molecule has 0 radical (unpaired) electrons. The predicted octanol–water partition coefficient (Wildman–Crippen LogP) is 4.51. The molecule has 0 spiro atoms. The maximum absolute atomic E-state index is 14.4. The van der Waals surface area contributed by atoms with E-state index in [0.29, 0.717) is 39.6 Å². The summed E-state index contributed by atoms with van der Waals surface area (Å²) in [6.07, 6.45) is 3.93. The largest absolute Gasteiger partial charge is 0.486 e. The van der Waals surface area contributed by atoms with E-state index in [9.17, 15) is 4.39 Å². The van der Waals surface area contributed by atoms with Gasteiger partial charge in [-0.15, -0.1) is 0 Å². The lowest BCUT2D eigenvalue weighted by molar-refractivity contribution is 0.0653. The number of ether oxygens (including phenoxy) is 2. The highest BCUT2D eigenvalue weighted by atomic mass is 79.9. The van der Waals surface area contributed by atoms with E-state index in [-0.39, 0.29) is 11.9 Å². The summed E-state index contributed by atoms with van der Waals surface area (Å²) in [4.78, 5) is 11.1. The Morgan fingerprint density at radius 1 is 1.17 bits per heavy atom. The summed E-state index contributed by atoms with van der Waals surface area (Å²) in [6.45, 7) is 3.61. The molecule has 2 aliphatic heterocycles. The minimum Gasteiger partial charge on any atom is -0.486 e. The zero-order valence-corrected chi connectivity index (χ0v) is 17.3. The number of nitrogens with one attached hydrogen (secondary N) is 1. The molecule has 3 aromatic rings. The minimum absolute atomic E-state index is 0.0124. The Balaban J connectivity index is 1.45. The van der Waals surface area contributed by atoms with Crippen LogP contribution in [-0.4, -0.2) is 47.2 Å². The number of halogens is 2. The van der Waals surface area contributed by atoms with Gasteiger partial charge >= 0.3 is 0 Å². The first-order chi connectivity index (χ1) is 14.2. The van der Waals surface area contributed by atoms with Gasteiger partial charge in [0.15, 0.2) is 17.3 Å². The molecular weight excluding hydrogens is 439 g/mol. The molecule has 3 heterocycles. The summed E-state index contributed by atoms with van der Waals surface area (Å²) >= 11 is 3.21. The smallest absolute Gasteiger partial charge is 0.163 e. The summed E-state index contributed by atoms with van der Waals surface area (Å²) in [6, 6.07) is 8.80. The van der Waals surface area contributed by atoms with E-state index in [1.165, 1.54) is 19.2 Å². The van der Waals surface area contributed by atoms with Crippen LogP contribution in [0.5, 0.6) is 11.5 Å². The Kier molecular flexibility index (Phi) is 4.97. The highest BCUT2D eigenvalue weighted by molar-refractivity contribution is 9.10. The number of rotatable bonds is 4. The Labute approximate surface area is 176 Å². The summed E-state index contributed by atoms with van der Waals surface area (Å²) in [5.74, 6) is 1.48. The number of hydrogen-bond acceptors (Lipinski definition) is 6. The van der Waals surface area contributed by atoms with Gasteiger partial charge in [0, 0.05) is 18.0 Å². The lowest BCUT2D eigenvalue weighted by Gasteiger charge is -2.29. The SMILES string of the molecule is Fc1c(Br)cccc1Nc1ncnc2cc3c(cc12)OC(CN1CCCC1)CO3. The maximum atomic E-state index is 14.4. The van der Waals surface area contributed by atoms with E-state index in [1.807, 2.05) is 12.1 Å².